The van der Waals surface area contributed by atoms with Gasteiger partial charge in [-0.25, -0.2) is 4.98 Å². The Labute approximate surface area is 135 Å². The van der Waals surface area contributed by atoms with E-state index in [1.54, 1.807) is 7.11 Å². The Morgan fingerprint density at radius 3 is 2.83 bits per heavy atom. The molecular formula is C18H20N2O3. The molecule has 3 aromatic rings. The molecule has 5 nitrogen and oxygen atoms in total. The lowest BCUT2D eigenvalue weighted by Crippen LogP contribution is -2.24. The van der Waals surface area contributed by atoms with E-state index in [1.165, 1.54) is 0 Å². The van der Waals surface area contributed by atoms with E-state index in [4.69, 9.17) is 9.15 Å². The van der Waals surface area contributed by atoms with Crippen LogP contribution >= 0.6 is 0 Å². The summed E-state index contributed by atoms with van der Waals surface area (Å²) < 4.78 is 10.9. The third-order valence-electron chi connectivity index (χ3n) is 3.71. The van der Waals surface area contributed by atoms with Crippen LogP contribution in [0.2, 0.25) is 0 Å². The Balaban J connectivity index is 1.64. The van der Waals surface area contributed by atoms with Crippen molar-refractivity contribution in [3.05, 3.63) is 60.0 Å². The predicted octanol–water partition coefficient (Wildman–Crippen LogP) is 3.00. The monoisotopic (exact) mass is 312 g/mol. The molecule has 1 heterocycles. The van der Waals surface area contributed by atoms with Gasteiger partial charge in [-0.3, -0.25) is 4.90 Å². The average Bonchev–Trinajstić information content (AvgIpc) is 2.96. The molecule has 0 aliphatic heterocycles. The first kappa shape index (κ1) is 15.5. The molecule has 1 unspecified atom stereocenters. The van der Waals surface area contributed by atoms with Crippen LogP contribution in [0.15, 0.2) is 52.9 Å². The molecule has 0 aliphatic rings. The van der Waals surface area contributed by atoms with Crippen molar-refractivity contribution in [2.75, 3.05) is 20.7 Å². The number of aromatic nitrogens is 1. The van der Waals surface area contributed by atoms with Gasteiger partial charge in [0, 0.05) is 6.54 Å². The lowest BCUT2D eigenvalue weighted by Gasteiger charge is -2.19. The van der Waals surface area contributed by atoms with Crippen molar-refractivity contribution in [2.45, 2.75) is 12.6 Å². The summed E-state index contributed by atoms with van der Waals surface area (Å²) in [4.78, 5) is 6.43. The molecule has 1 aromatic heterocycles. The SMILES string of the molecule is COc1cccc(C(O)CN(C)Cc2nc3ccccc3o2)c1. The van der Waals surface area contributed by atoms with Crippen molar-refractivity contribution in [1.82, 2.24) is 9.88 Å². The summed E-state index contributed by atoms with van der Waals surface area (Å²) in [6.45, 7) is 1.02. The number of hydrogen-bond donors (Lipinski definition) is 1. The van der Waals surface area contributed by atoms with E-state index in [2.05, 4.69) is 4.98 Å². The van der Waals surface area contributed by atoms with Crippen LogP contribution in [0.4, 0.5) is 0 Å². The van der Waals surface area contributed by atoms with Crippen molar-refractivity contribution in [1.29, 1.82) is 0 Å². The van der Waals surface area contributed by atoms with Gasteiger partial charge in [0.05, 0.1) is 19.8 Å². The number of para-hydroxylation sites is 2. The first-order chi connectivity index (χ1) is 11.2. The fourth-order valence-electron chi connectivity index (χ4n) is 2.53. The van der Waals surface area contributed by atoms with Crippen molar-refractivity contribution in [2.24, 2.45) is 0 Å². The fraction of sp³-hybridized carbons (Fsp3) is 0.278. The van der Waals surface area contributed by atoms with E-state index < -0.39 is 6.10 Å². The summed E-state index contributed by atoms with van der Waals surface area (Å²) in [5.41, 5.74) is 2.46. The van der Waals surface area contributed by atoms with Gasteiger partial charge in [0.2, 0.25) is 5.89 Å². The number of methoxy groups -OCH3 is 1. The molecular weight excluding hydrogens is 292 g/mol. The third kappa shape index (κ3) is 3.70. The van der Waals surface area contributed by atoms with Gasteiger partial charge in [-0.05, 0) is 36.9 Å². The molecule has 23 heavy (non-hydrogen) atoms. The number of fused-ring (bicyclic) bond motifs is 1. The predicted molar refractivity (Wildman–Crippen MR) is 88.3 cm³/mol. The molecule has 1 atom stereocenters. The normalized spacial score (nSPS) is 12.7. The minimum Gasteiger partial charge on any atom is -0.497 e. The zero-order valence-corrected chi connectivity index (χ0v) is 13.3. The Hall–Kier alpha value is -2.37. The van der Waals surface area contributed by atoms with Gasteiger partial charge in [-0.1, -0.05) is 24.3 Å². The highest BCUT2D eigenvalue weighted by Crippen LogP contribution is 2.21. The third-order valence-corrected chi connectivity index (χ3v) is 3.71. The Bertz CT molecular complexity index is 752. The molecule has 5 heteroatoms. The lowest BCUT2D eigenvalue weighted by atomic mass is 10.1. The van der Waals surface area contributed by atoms with Crippen LogP contribution in [0.1, 0.15) is 17.6 Å². The second-order valence-corrected chi connectivity index (χ2v) is 5.56. The molecule has 3 rings (SSSR count). The van der Waals surface area contributed by atoms with Gasteiger partial charge in [-0.2, -0.15) is 0 Å². The van der Waals surface area contributed by atoms with Crippen molar-refractivity contribution in [3.8, 4) is 5.75 Å². The Morgan fingerprint density at radius 1 is 1.22 bits per heavy atom. The number of benzene rings is 2. The summed E-state index contributed by atoms with van der Waals surface area (Å²) in [5.74, 6) is 1.38. The van der Waals surface area contributed by atoms with E-state index in [9.17, 15) is 5.11 Å². The first-order valence-electron chi connectivity index (χ1n) is 7.50. The topological polar surface area (TPSA) is 58.7 Å². The summed E-state index contributed by atoms with van der Waals surface area (Å²) >= 11 is 0. The molecule has 0 saturated carbocycles. The fourth-order valence-corrected chi connectivity index (χ4v) is 2.53. The maximum absolute atomic E-state index is 10.4. The summed E-state index contributed by atoms with van der Waals surface area (Å²) in [7, 11) is 3.54. The molecule has 0 aliphatic carbocycles. The number of ether oxygens (including phenoxy) is 1. The van der Waals surface area contributed by atoms with Crippen LogP contribution in [0.25, 0.3) is 11.1 Å². The minimum absolute atomic E-state index is 0.478. The number of likely N-dealkylation sites (N-methyl/N-ethyl adjacent to an activating group) is 1. The van der Waals surface area contributed by atoms with E-state index in [0.717, 1.165) is 22.4 Å². The maximum atomic E-state index is 10.4. The number of aliphatic hydroxyl groups is 1. The molecule has 0 saturated heterocycles. The van der Waals surface area contributed by atoms with E-state index in [-0.39, 0.29) is 0 Å². The summed E-state index contributed by atoms with van der Waals surface area (Å²) in [5, 5.41) is 10.4. The smallest absolute Gasteiger partial charge is 0.209 e. The quantitative estimate of drug-likeness (QED) is 0.758. The van der Waals surface area contributed by atoms with Crippen LogP contribution < -0.4 is 4.74 Å². The molecule has 120 valence electrons. The van der Waals surface area contributed by atoms with Crippen LogP contribution in [0, 0.1) is 0 Å². The minimum atomic E-state index is -0.598. The molecule has 0 radical (unpaired) electrons. The molecule has 0 fully saturated rings. The van der Waals surface area contributed by atoms with Crippen LogP contribution in [-0.2, 0) is 6.54 Å². The van der Waals surface area contributed by atoms with Gasteiger partial charge >= 0.3 is 0 Å². The molecule has 0 spiro atoms. The summed E-state index contributed by atoms with van der Waals surface area (Å²) in [6, 6.07) is 15.2. The van der Waals surface area contributed by atoms with Gasteiger partial charge in [0.25, 0.3) is 0 Å². The van der Waals surface area contributed by atoms with Crippen molar-refractivity contribution in [3.63, 3.8) is 0 Å². The Morgan fingerprint density at radius 2 is 2.04 bits per heavy atom. The van der Waals surface area contributed by atoms with Crippen LogP contribution in [0.5, 0.6) is 5.75 Å². The molecule has 0 amide bonds. The van der Waals surface area contributed by atoms with E-state index >= 15 is 0 Å². The van der Waals surface area contributed by atoms with Crippen LogP contribution in [-0.4, -0.2) is 35.7 Å². The number of oxazole rings is 1. The highest BCUT2D eigenvalue weighted by atomic mass is 16.5. The highest BCUT2D eigenvalue weighted by Gasteiger charge is 2.14. The van der Waals surface area contributed by atoms with Gasteiger partial charge in [0.1, 0.15) is 11.3 Å². The number of hydrogen-bond acceptors (Lipinski definition) is 5. The zero-order valence-electron chi connectivity index (χ0n) is 13.3. The van der Waals surface area contributed by atoms with E-state index in [1.807, 2.05) is 60.5 Å². The van der Waals surface area contributed by atoms with Crippen molar-refractivity contribution < 1.29 is 14.3 Å². The first-order valence-corrected chi connectivity index (χ1v) is 7.50. The van der Waals surface area contributed by atoms with Crippen LogP contribution in [0.3, 0.4) is 0 Å². The van der Waals surface area contributed by atoms with E-state index in [0.29, 0.717) is 19.0 Å². The number of rotatable bonds is 6. The van der Waals surface area contributed by atoms with Gasteiger partial charge < -0.3 is 14.3 Å². The average molecular weight is 312 g/mol. The Kier molecular flexibility index (Phi) is 4.60. The van der Waals surface area contributed by atoms with Gasteiger partial charge in [0.15, 0.2) is 5.58 Å². The molecule has 2 aromatic carbocycles. The standard InChI is InChI=1S/C18H20N2O3/c1-20(11-16(21)13-6-5-7-14(10-13)22-2)12-18-19-15-8-3-4-9-17(15)23-18/h3-10,16,21H,11-12H2,1-2H3. The zero-order chi connectivity index (χ0) is 16.2. The second kappa shape index (κ2) is 6.81. The molecule has 0 bridgehead atoms. The maximum Gasteiger partial charge on any atom is 0.209 e. The highest BCUT2D eigenvalue weighted by molar-refractivity contribution is 5.72. The lowest BCUT2D eigenvalue weighted by molar-refractivity contribution is 0.119. The summed E-state index contributed by atoms with van der Waals surface area (Å²) in [6.07, 6.45) is -0.598. The second-order valence-electron chi connectivity index (χ2n) is 5.56. The molecule has 1 N–H and O–H groups in total. The van der Waals surface area contributed by atoms with Crippen molar-refractivity contribution >= 4 is 11.1 Å². The number of aliphatic hydroxyl groups excluding tert-OH is 1. The number of nitrogens with zero attached hydrogens (tertiary/aromatic N) is 2. The largest absolute Gasteiger partial charge is 0.497 e. The van der Waals surface area contributed by atoms with Gasteiger partial charge in [-0.15, -0.1) is 0 Å².